The first kappa shape index (κ1) is 3.51. The molecular formula is C5H3BrIN. The lowest BCUT2D eigenvalue weighted by atomic mass is 10.5. The molecule has 3 heteroatoms. The third kappa shape index (κ3) is 1.70. The number of pyridine rings is 1. The van der Waals surface area contributed by atoms with Gasteiger partial charge in [-0.25, -0.2) is 4.98 Å². The van der Waals surface area contributed by atoms with Gasteiger partial charge in [-0.3, -0.25) is 0 Å². The fourth-order valence-electron chi connectivity index (χ4n) is 0.276. The zero-order chi connectivity index (χ0) is 8.59. The summed E-state index contributed by atoms with van der Waals surface area (Å²) in [5.74, 6) is 0. The average molecular weight is 287 g/mol. The molecule has 0 spiro atoms. The van der Waals surface area contributed by atoms with Gasteiger partial charge in [0.25, 0.3) is 0 Å². The summed E-state index contributed by atoms with van der Waals surface area (Å²) in [5.41, 5.74) is 0. The Balaban J connectivity index is 3.46. The third-order valence-electron chi connectivity index (χ3n) is 0.528. The van der Waals surface area contributed by atoms with Crippen molar-refractivity contribution in [2.24, 2.45) is 0 Å². The zero-order valence-electron chi connectivity index (χ0n) is 6.70. The molecule has 1 aromatic heterocycles. The van der Waals surface area contributed by atoms with E-state index < -0.39 is 0 Å². The maximum Gasteiger partial charge on any atom is 0.107 e. The number of nitrogens with zero attached hydrogens (tertiary/aromatic N) is 1. The lowest BCUT2D eigenvalue weighted by Crippen LogP contribution is -1.76. The van der Waals surface area contributed by atoms with Crippen LogP contribution in [0.4, 0.5) is 0 Å². The van der Waals surface area contributed by atoms with Gasteiger partial charge in [-0.15, -0.1) is 0 Å². The second-order valence-corrected chi connectivity index (χ2v) is 2.84. The lowest BCUT2D eigenvalue weighted by molar-refractivity contribution is 1.23. The van der Waals surface area contributed by atoms with E-state index in [1.54, 1.807) is 0 Å². The van der Waals surface area contributed by atoms with Gasteiger partial charge in [0.05, 0.1) is 4.11 Å². The highest BCUT2D eigenvalue weighted by Crippen LogP contribution is 2.06. The van der Waals surface area contributed by atoms with E-state index in [9.17, 15) is 0 Å². The van der Waals surface area contributed by atoms with Crippen molar-refractivity contribution in [3.63, 3.8) is 0 Å². The molecule has 8 heavy (non-hydrogen) atoms. The van der Waals surface area contributed by atoms with Gasteiger partial charge >= 0.3 is 0 Å². The van der Waals surface area contributed by atoms with Gasteiger partial charge in [-0.1, -0.05) is 6.04 Å². The molecule has 1 rings (SSSR count). The van der Waals surface area contributed by atoms with E-state index >= 15 is 0 Å². The first-order chi connectivity index (χ1) is 5.04. The Morgan fingerprint density at radius 1 is 1.75 bits per heavy atom. The van der Waals surface area contributed by atoms with Crippen molar-refractivity contribution in [2.75, 3.05) is 0 Å². The van der Waals surface area contributed by atoms with Crippen molar-refractivity contribution in [3.05, 3.63) is 26.4 Å². The van der Waals surface area contributed by atoms with Crippen LogP contribution in [0.15, 0.2) is 22.7 Å². The molecule has 0 aromatic carbocycles. The normalized spacial score (nSPS) is 14.5. The summed E-state index contributed by atoms with van der Waals surface area (Å²) in [6.07, 6.45) is 0. The molecule has 0 aliphatic carbocycles. The van der Waals surface area contributed by atoms with E-state index in [1.807, 2.05) is 22.6 Å². The molecule has 0 unspecified atom stereocenters. The predicted molar refractivity (Wildman–Crippen MR) is 44.7 cm³/mol. The smallest absolute Gasteiger partial charge is 0.107 e. The van der Waals surface area contributed by atoms with Crippen molar-refractivity contribution in [1.29, 1.82) is 0 Å². The van der Waals surface area contributed by atoms with Crippen molar-refractivity contribution in [2.45, 2.75) is 0 Å². The highest BCUT2D eigenvalue weighted by atomic mass is 127. The highest BCUT2D eigenvalue weighted by Gasteiger charge is 1.85. The van der Waals surface area contributed by atoms with Gasteiger partial charge in [-0.2, -0.15) is 0 Å². The van der Waals surface area contributed by atoms with Crippen LogP contribution in [0.25, 0.3) is 0 Å². The van der Waals surface area contributed by atoms with Crippen LogP contribution in [0.1, 0.15) is 4.11 Å². The molecule has 0 radical (unpaired) electrons. The van der Waals surface area contributed by atoms with E-state index in [-0.39, 0.29) is 18.1 Å². The molecule has 0 saturated carbocycles. The Hall–Kier alpha value is 0.360. The molecule has 0 N–H and O–H groups in total. The van der Waals surface area contributed by atoms with Crippen LogP contribution in [0.3, 0.4) is 0 Å². The molecule has 1 aromatic rings. The Bertz CT molecular complexity index is 278. The van der Waals surface area contributed by atoms with Crippen LogP contribution < -0.4 is 0 Å². The summed E-state index contributed by atoms with van der Waals surface area (Å²) in [4.78, 5) is 3.84. The fraction of sp³-hybridized carbons (Fsp3) is 0. The summed E-state index contributed by atoms with van der Waals surface area (Å²) in [6, 6.07) is -0.106. The molecule has 42 valence electrons. The zero-order valence-corrected chi connectivity index (χ0v) is 7.45. The van der Waals surface area contributed by atoms with Crippen molar-refractivity contribution >= 4 is 38.5 Å². The van der Waals surface area contributed by atoms with Gasteiger partial charge in [0.2, 0.25) is 0 Å². The number of hydrogen-bond donors (Lipinski definition) is 0. The van der Waals surface area contributed by atoms with E-state index in [1.165, 1.54) is 0 Å². The van der Waals surface area contributed by atoms with Crippen LogP contribution in [-0.4, -0.2) is 4.98 Å². The molecule has 0 saturated heterocycles. The number of rotatable bonds is 0. The molecular weight excluding hydrogens is 281 g/mol. The molecule has 0 fully saturated rings. The second kappa shape index (κ2) is 2.77. The quantitative estimate of drug-likeness (QED) is 0.527. The van der Waals surface area contributed by atoms with Crippen molar-refractivity contribution in [1.82, 2.24) is 4.98 Å². The highest BCUT2D eigenvalue weighted by molar-refractivity contribution is 14.1. The SMILES string of the molecule is [2H]c1c(Br)nc(I)c([2H])c1[2H]. The van der Waals surface area contributed by atoms with Crippen molar-refractivity contribution < 1.29 is 4.11 Å². The van der Waals surface area contributed by atoms with Gasteiger partial charge in [0.15, 0.2) is 0 Å². The minimum absolute atomic E-state index is 0.0128. The van der Waals surface area contributed by atoms with Gasteiger partial charge < -0.3 is 0 Å². The molecule has 0 aliphatic rings. The standard InChI is InChI=1S/C5H3BrIN/c6-4-2-1-3-5(7)8-4/h1-3H/i1D,2D,3D. The molecule has 0 amide bonds. The van der Waals surface area contributed by atoms with Crippen LogP contribution in [0.2, 0.25) is 0 Å². The van der Waals surface area contributed by atoms with Crippen LogP contribution in [0.5, 0.6) is 0 Å². The maximum atomic E-state index is 7.28. The first-order valence-electron chi connectivity index (χ1n) is 3.33. The summed E-state index contributed by atoms with van der Waals surface area (Å²) < 4.78 is 22.6. The minimum Gasteiger partial charge on any atom is -0.235 e. The Morgan fingerprint density at radius 3 is 3.25 bits per heavy atom. The maximum absolute atomic E-state index is 7.28. The van der Waals surface area contributed by atoms with Crippen molar-refractivity contribution in [3.8, 4) is 0 Å². The predicted octanol–water partition coefficient (Wildman–Crippen LogP) is 2.45. The fourth-order valence-corrected chi connectivity index (χ4v) is 1.26. The molecule has 1 heterocycles. The monoisotopic (exact) mass is 286 g/mol. The Kier molecular flexibility index (Phi) is 1.22. The van der Waals surface area contributed by atoms with Gasteiger partial charge in [0, 0.05) is 0 Å². The minimum atomic E-state index is -0.0868. The Labute approximate surface area is 74.0 Å². The van der Waals surface area contributed by atoms with Gasteiger partial charge in [0.1, 0.15) is 8.30 Å². The Morgan fingerprint density at radius 2 is 2.50 bits per heavy atom. The lowest BCUT2D eigenvalue weighted by Gasteiger charge is -1.86. The van der Waals surface area contributed by atoms with Crippen LogP contribution in [-0.2, 0) is 0 Å². The summed E-state index contributed by atoms with van der Waals surface area (Å²) in [5, 5.41) is 0. The summed E-state index contributed by atoms with van der Waals surface area (Å²) in [6.45, 7) is 0. The average Bonchev–Trinajstić information content (AvgIpc) is 1.97. The summed E-state index contributed by atoms with van der Waals surface area (Å²) in [7, 11) is 0. The summed E-state index contributed by atoms with van der Waals surface area (Å²) >= 11 is 4.88. The topological polar surface area (TPSA) is 12.9 Å². The molecule has 0 aliphatic heterocycles. The third-order valence-corrected chi connectivity index (χ3v) is 1.41. The van der Waals surface area contributed by atoms with E-state index in [0.717, 1.165) is 0 Å². The van der Waals surface area contributed by atoms with E-state index in [4.69, 9.17) is 4.11 Å². The second-order valence-electron chi connectivity index (χ2n) is 1.07. The number of halogens is 2. The van der Waals surface area contributed by atoms with Gasteiger partial charge in [-0.05, 0) is 50.6 Å². The van der Waals surface area contributed by atoms with E-state index in [2.05, 4.69) is 20.9 Å². The van der Waals surface area contributed by atoms with Crippen LogP contribution >= 0.6 is 38.5 Å². The van der Waals surface area contributed by atoms with E-state index in [0.29, 0.717) is 8.30 Å². The first-order valence-corrected chi connectivity index (χ1v) is 3.70. The number of aromatic nitrogens is 1. The van der Waals surface area contributed by atoms with Crippen LogP contribution in [0, 0.1) is 3.70 Å². The number of hydrogen-bond acceptors (Lipinski definition) is 1. The molecule has 0 bridgehead atoms. The molecule has 1 nitrogen and oxygen atoms in total. The largest absolute Gasteiger partial charge is 0.235 e. The molecule has 0 atom stereocenters.